The number of benzene rings is 1. The highest BCUT2D eigenvalue weighted by Gasteiger charge is 2.27. The van der Waals surface area contributed by atoms with Crippen LogP contribution in [0.15, 0.2) is 24.3 Å². The molecule has 1 aromatic heterocycles. The van der Waals surface area contributed by atoms with Crippen molar-refractivity contribution in [2.45, 2.75) is 18.9 Å². The predicted molar refractivity (Wildman–Crippen MR) is 62.3 cm³/mol. The molecular formula is C11H11ClN4. The van der Waals surface area contributed by atoms with Crippen molar-refractivity contribution in [2.24, 2.45) is 0 Å². The fourth-order valence-electron chi connectivity index (χ4n) is 2.21. The quantitative estimate of drug-likeness (QED) is 0.822. The predicted octanol–water partition coefficient (Wildman–Crippen LogP) is 2.05. The Bertz CT molecular complexity index is 517. The zero-order chi connectivity index (χ0) is 11.1. The second-order valence-electron chi connectivity index (χ2n) is 3.97. The van der Waals surface area contributed by atoms with Crippen LogP contribution in [-0.2, 0) is 6.42 Å². The van der Waals surface area contributed by atoms with E-state index in [1.54, 1.807) is 0 Å². The van der Waals surface area contributed by atoms with E-state index in [1.807, 2.05) is 28.9 Å². The Morgan fingerprint density at radius 2 is 2.06 bits per heavy atom. The van der Waals surface area contributed by atoms with Crippen LogP contribution in [0.4, 0.5) is 5.82 Å². The minimum Gasteiger partial charge on any atom is -0.381 e. The largest absolute Gasteiger partial charge is 0.381 e. The molecule has 4 nitrogen and oxygen atoms in total. The fraction of sp³-hybridized carbons (Fsp3) is 0.273. The van der Waals surface area contributed by atoms with E-state index >= 15 is 0 Å². The number of nitrogen functional groups attached to an aromatic ring is 1. The molecule has 0 amide bonds. The van der Waals surface area contributed by atoms with Gasteiger partial charge < -0.3 is 5.73 Å². The molecule has 0 radical (unpaired) electrons. The molecule has 1 aliphatic heterocycles. The lowest BCUT2D eigenvalue weighted by molar-refractivity contribution is 0.534. The van der Waals surface area contributed by atoms with Gasteiger partial charge in [-0.1, -0.05) is 28.9 Å². The maximum atomic E-state index is 5.87. The van der Waals surface area contributed by atoms with Gasteiger partial charge in [0, 0.05) is 5.02 Å². The summed E-state index contributed by atoms with van der Waals surface area (Å²) in [7, 11) is 0. The number of hydrogen-bond acceptors (Lipinski definition) is 3. The Balaban J connectivity index is 2.01. The number of nitrogens with zero attached hydrogens (tertiary/aromatic N) is 3. The highest BCUT2D eigenvalue weighted by atomic mass is 35.5. The molecule has 0 saturated carbocycles. The molecule has 2 aromatic rings. The summed E-state index contributed by atoms with van der Waals surface area (Å²) in [6, 6.07) is 8.10. The van der Waals surface area contributed by atoms with Crippen LogP contribution in [0.1, 0.15) is 23.7 Å². The van der Waals surface area contributed by atoms with Crippen molar-refractivity contribution in [2.75, 3.05) is 5.73 Å². The molecule has 1 atom stereocenters. The van der Waals surface area contributed by atoms with Gasteiger partial charge in [-0.25, -0.2) is 4.68 Å². The first kappa shape index (κ1) is 9.66. The number of aromatic nitrogens is 3. The second-order valence-corrected chi connectivity index (χ2v) is 4.41. The Labute approximate surface area is 98.0 Å². The van der Waals surface area contributed by atoms with Crippen LogP contribution in [0.3, 0.4) is 0 Å². The Kier molecular flexibility index (Phi) is 2.11. The summed E-state index contributed by atoms with van der Waals surface area (Å²) in [5.74, 6) is 0.552. The smallest absolute Gasteiger partial charge is 0.169 e. The molecule has 1 unspecified atom stereocenters. The lowest BCUT2D eigenvalue weighted by atomic mass is 10.1. The molecule has 2 heterocycles. The van der Waals surface area contributed by atoms with Gasteiger partial charge in [-0.3, -0.25) is 0 Å². The van der Waals surface area contributed by atoms with E-state index in [4.69, 9.17) is 17.3 Å². The number of anilines is 1. The van der Waals surface area contributed by atoms with Crippen LogP contribution in [0.25, 0.3) is 0 Å². The van der Waals surface area contributed by atoms with E-state index in [9.17, 15) is 0 Å². The Morgan fingerprint density at radius 3 is 2.81 bits per heavy atom. The highest BCUT2D eigenvalue weighted by molar-refractivity contribution is 6.30. The van der Waals surface area contributed by atoms with Crippen molar-refractivity contribution < 1.29 is 0 Å². The lowest BCUT2D eigenvalue weighted by Crippen LogP contribution is -2.07. The number of fused-ring (bicyclic) bond motifs is 1. The molecule has 82 valence electrons. The Hall–Kier alpha value is -1.55. The minimum atomic E-state index is 0.247. The lowest BCUT2D eigenvalue weighted by Gasteiger charge is -2.11. The first-order valence-corrected chi connectivity index (χ1v) is 5.58. The van der Waals surface area contributed by atoms with Gasteiger partial charge in [-0.05, 0) is 30.5 Å². The van der Waals surface area contributed by atoms with Gasteiger partial charge >= 0.3 is 0 Å². The molecule has 0 saturated heterocycles. The topological polar surface area (TPSA) is 56.7 Å². The van der Waals surface area contributed by atoms with E-state index in [-0.39, 0.29) is 6.04 Å². The van der Waals surface area contributed by atoms with Crippen molar-refractivity contribution >= 4 is 17.4 Å². The third kappa shape index (κ3) is 1.38. The zero-order valence-corrected chi connectivity index (χ0v) is 9.35. The van der Waals surface area contributed by atoms with Gasteiger partial charge in [0.1, 0.15) is 0 Å². The number of nitrogens with two attached hydrogens (primary N) is 1. The molecule has 3 rings (SSSR count). The summed E-state index contributed by atoms with van der Waals surface area (Å²) in [6.45, 7) is 0. The van der Waals surface area contributed by atoms with E-state index in [0.29, 0.717) is 5.82 Å². The van der Waals surface area contributed by atoms with Gasteiger partial charge in [0.25, 0.3) is 0 Å². The van der Waals surface area contributed by atoms with E-state index < -0.39 is 0 Å². The van der Waals surface area contributed by atoms with Crippen LogP contribution < -0.4 is 5.73 Å². The van der Waals surface area contributed by atoms with Crippen molar-refractivity contribution in [3.05, 3.63) is 40.5 Å². The first-order chi connectivity index (χ1) is 7.75. The van der Waals surface area contributed by atoms with Gasteiger partial charge in [0.05, 0.1) is 11.7 Å². The SMILES string of the molecule is Nc1nnn2c1CCC2c1ccc(Cl)cc1. The monoisotopic (exact) mass is 234 g/mol. The molecular weight excluding hydrogens is 224 g/mol. The average Bonchev–Trinajstić information content (AvgIpc) is 2.84. The standard InChI is InChI=1S/C11H11ClN4/c12-8-3-1-7(2-4-8)9-5-6-10-11(13)14-15-16(9)10/h1-4,9H,5-6,13H2. The fourth-order valence-corrected chi connectivity index (χ4v) is 2.33. The summed E-state index contributed by atoms with van der Waals surface area (Å²) in [4.78, 5) is 0. The molecule has 1 aliphatic rings. The van der Waals surface area contributed by atoms with Gasteiger partial charge in [-0.2, -0.15) is 0 Å². The van der Waals surface area contributed by atoms with Gasteiger partial charge in [-0.15, -0.1) is 5.10 Å². The van der Waals surface area contributed by atoms with E-state index in [2.05, 4.69) is 10.3 Å². The molecule has 0 fully saturated rings. The maximum Gasteiger partial charge on any atom is 0.169 e. The van der Waals surface area contributed by atoms with Gasteiger partial charge in [0.15, 0.2) is 5.82 Å². The second kappa shape index (κ2) is 3.49. The average molecular weight is 235 g/mol. The summed E-state index contributed by atoms with van der Waals surface area (Å²) in [5.41, 5.74) is 7.98. The third-order valence-electron chi connectivity index (χ3n) is 3.03. The molecule has 1 aromatic carbocycles. The van der Waals surface area contributed by atoms with Crippen LogP contribution in [-0.4, -0.2) is 15.0 Å². The normalized spacial score (nSPS) is 18.7. The molecule has 2 N–H and O–H groups in total. The molecule has 0 spiro atoms. The van der Waals surface area contributed by atoms with E-state index in [0.717, 1.165) is 23.6 Å². The maximum absolute atomic E-state index is 5.87. The van der Waals surface area contributed by atoms with Crippen molar-refractivity contribution in [1.29, 1.82) is 0 Å². The zero-order valence-electron chi connectivity index (χ0n) is 8.60. The van der Waals surface area contributed by atoms with E-state index in [1.165, 1.54) is 5.56 Å². The molecule has 5 heteroatoms. The summed E-state index contributed by atoms with van der Waals surface area (Å²) in [5, 5.41) is 8.73. The van der Waals surface area contributed by atoms with Crippen molar-refractivity contribution in [3.8, 4) is 0 Å². The highest BCUT2D eigenvalue weighted by Crippen LogP contribution is 2.32. The van der Waals surface area contributed by atoms with Crippen molar-refractivity contribution in [1.82, 2.24) is 15.0 Å². The molecule has 16 heavy (non-hydrogen) atoms. The van der Waals surface area contributed by atoms with Crippen LogP contribution in [0, 0.1) is 0 Å². The minimum absolute atomic E-state index is 0.247. The molecule has 0 aliphatic carbocycles. The van der Waals surface area contributed by atoms with Crippen LogP contribution in [0.2, 0.25) is 5.02 Å². The van der Waals surface area contributed by atoms with Crippen molar-refractivity contribution in [3.63, 3.8) is 0 Å². The summed E-state index contributed by atoms with van der Waals surface area (Å²) < 4.78 is 1.92. The number of hydrogen-bond donors (Lipinski definition) is 1. The van der Waals surface area contributed by atoms with Crippen LogP contribution in [0.5, 0.6) is 0 Å². The first-order valence-electron chi connectivity index (χ1n) is 5.20. The summed E-state index contributed by atoms with van der Waals surface area (Å²) in [6.07, 6.45) is 1.96. The number of halogens is 1. The van der Waals surface area contributed by atoms with Crippen LogP contribution >= 0.6 is 11.6 Å². The third-order valence-corrected chi connectivity index (χ3v) is 3.28. The number of rotatable bonds is 1. The van der Waals surface area contributed by atoms with Gasteiger partial charge in [0.2, 0.25) is 0 Å². The Morgan fingerprint density at radius 1 is 1.31 bits per heavy atom. The molecule has 0 bridgehead atoms. The summed E-state index contributed by atoms with van der Waals surface area (Å²) >= 11 is 5.87.